The summed E-state index contributed by atoms with van der Waals surface area (Å²) >= 11 is 0. The molecule has 0 aromatic heterocycles. The molecule has 26 heavy (non-hydrogen) atoms. The Morgan fingerprint density at radius 1 is 1.08 bits per heavy atom. The lowest BCUT2D eigenvalue weighted by atomic mass is 9.93. The van der Waals surface area contributed by atoms with Crippen LogP contribution in [0.4, 0.5) is 4.39 Å². The Balaban J connectivity index is 1.71. The molecule has 0 N–H and O–H groups in total. The number of hydrogen-bond donors (Lipinski definition) is 0. The minimum Gasteiger partial charge on any atom is -0.374 e. The summed E-state index contributed by atoms with van der Waals surface area (Å²) in [6, 6.07) is 12.1. The van der Waals surface area contributed by atoms with Crippen molar-refractivity contribution < 1.29 is 9.13 Å². The molecule has 2 aromatic carbocycles. The van der Waals surface area contributed by atoms with Crippen molar-refractivity contribution in [3.05, 3.63) is 65.0 Å². The molecule has 1 nitrogen and oxygen atoms in total. The average Bonchev–Trinajstić information content (AvgIpc) is 2.65. The summed E-state index contributed by atoms with van der Waals surface area (Å²) < 4.78 is 20.8. The van der Waals surface area contributed by atoms with Gasteiger partial charge in [-0.15, -0.1) is 0 Å². The molecule has 3 rings (SSSR count). The predicted molar refractivity (Wildman–Crippen MR) is 108 cm³/mol. The van der Waals surface area contributed by atoms with E-state index >= 15 is 0 Å². The third-order valence-corrected chi connectivity index (χ3v) is 5.37. The molecule has 1 heterocycles. The fourth-order valence-electron chi connectivity index (χ4n) is 3.71. The number of hydrogen-bond acceptors (Lipinski definition) is 1. The van der Waals surface area contributed by atoms with Crippen molar-refractivity contribution in [2.24, 2.45) is 5.92 Å². The van der Waals surface area contributed by atoms with Gasteiger partial charge >= 0.3 is 0 Å². The second kappa shape index (κ2) is 8.64. The molecule has 2 unspecified atom stereocenters. The first-order valence-corrected chi connectivity index (χ1v) is 9.74. The highest BCUT2D eigenvalue weighted by Crippen LogP contribution is 2.29. The van der Waals surface area contributed by atoms with Gasteiger partial charge in [0.1, 0.15) is 5.82 Å². The zero-order valence-electron chi connectivity index (χ0n) is 16.1. The molecule has 1 aliphatic heterocycles. The van der Waals surface area contributed by atoms with Crippen LogP contribution in [0.1, 0.15) is 49.3 Å². The van der Waals surface area contributed by atoms with Gasteiger partial charge in [0.15, 0.2) is 0 Å². The molecule has 0 spiro atoms. The summed E-state index contributed by atoms with van der Waals surface area (Å²) in [6.07, 6.45) is 8.70. The van der Waals surface area contributed by atoms with Crippen molar-refractivity contribution in [1.29, 1.82) is 0 Å². The van der Waals surface area contributed by atoms with Crippen LogP contribution in [0, 0.1) is 25.6 Å². The highest BCUT2D eigenvalue weighted by atomic mass is 19.1. The first-order chi connectivity index (χ1) is 12.6. The van der Waals surface area contributed by atoms with Crippen LogP contribution >= 0.6 is 0 Å². The summed E-state index contributed by atoms with van der Waals surface area (Å²) in [5, 5.41) is 0. The van der Waals surface area contributed by atoms with Crippen molar-refractivity contribution >= 4 is 6.08 Å². The highest BCUT2D eigenvalue weighted by Gasteiger charge is 2.19. The van der Waals surface area contributed by atoms with Crippen LogP contribution in [0.25, 0.3) is 17.2 Å². The van der Waals surface area contributed by atoms with Crippen LogP contribution in [0.15, 0.2) is 42.5 Å². The molecule has 0 bridgehead atoms. The normalized spacial score (nSPS) is 20.6. The van der Waals surface area contributed by atoms with Gasteiger partial charge in [0.05, 0.1) is 12.7 Å². The maximum absolute atomic E-state index is 14.9. The Morgan fingerprint density at radius 3 is 2.50 bits per heavy atom. The van der Waals surface area contributed by atoms with E-state index < -0.39 is 0 Å². The summed E-state index contributed by atoms with van der Waals surface area (Å²) in [5.41, 5.74) is 4.55. The maximum atomic E-state index is 14.9. The molecule has 0 amide bonds. The van der Waals surface area contributed by atoms with E-state index in [9.17, 15) is 4.39 Å². The zero-order valence-corrected chi connectivity index (χ0v) is 16.1. The highest BCUT2D eigenvalue weighted by molar-refractivity contribution is 5.70. The third-order valence-electron chi connectivity index (χ3n) is 5.37. The lowest BCUT2D eigenvalue weighted by Gasteiger charge is -2.27. The van der Waals surface area contributed by atoms with E-state index in [1.807, 2.05) is 31.2 Å². The molecule has 0 aliphatic carbocycles. The van der Waals surface area contributed by atoms with Gasteiger partial charge in [0.25, 0.3) is 0 Å². The predicted octanol–water partition coefficient (Wildman–Crippen LogP) is 6.72. The summed E-state index contributed by atoms with van der Waals surface area (Å²) in [6.45, 7) is 6.96. The molecular weight excluding hydrogens is 323 g/mol. The second-order valence-electron chi connectivity index (χ2n) is 7.47. The molecule has 1 fully saturated rings. The van der Waals surface area contributed by atoms with Crippen molar-refractivity contribution in [3.8, 4) is 11.1 Å². The standard InChI is InChI=1S/C24H29FO/c1-4-5-19-8-13-22(26-16-19)14-11-21-12-15-23(18(3)24(21)25)20-9-6-17(2)7-10-20/h6-7,9-12,14-15,19,22H,4-5,8,13,16H2,1-3H3/b14-11+. The first-order valence-electron chi connectivity index (χ1n) is 9.74. The largest absolute Gasteiger partial charge is 0.374 e. The molecule has 138 valence electrons. The van der Waals surface area contributed by atoms with Gasteiger partial charge in [-0.2, -0.15) is 0 Å². The molecular formula is C24H29FO. The summed E-state index contributed by atoms with van der Waals surface area (Å²) in [5.74, 6) is 0.552. The first kappa shape index (κ1) is 18.8. The zero-order chi connectivity index (χ0) is 18.5. The second-order valence-corrected chi connectivity index (χ2v) is 7.47. The van der Waals surface area contributed by atoms with Gasteiger partial charge in [-0.05, 0) is 55.7 Å². The van der Waals surface area contributed by atoms with Crippen molar-refractivity contribution in [1.82, 2.24) is 0 Å². The molecule has 1 aliphatic rings. The Kier molecular flexibility index (Phi) is 6.26. The number of halogens is 1. The number of benzene rings is 2. The SMILES string of the molecule is CCCC1CCC(/C=C/c2ccc(-c3ccc(C)cc3)c(C)c2F)OC1. The van der Waals surface area contributed by atoms with Crippen molar-refractivity contribution in [2.75, 3.05) is 6.61 Å². The average molecular weight is 352 g/mol. The van der Waals surface area contributed by atoms with E-state index in [0.29, 0.717) is 17.0 Å². The topological polar surface area (TPSA) is 9.23 Å². The van der Waals surface area contributed by atoms with Crippen LogP contribution in [-0.2, 0) is 4.74 Å². The van der Waals surface area contributed by atoms with E-state index in [4.69, 9.17) is 4.74 Å². The molecule has 2 aromatic rings. The van der Waals surface area contributed by atoms with Crippen LogP contribution in [0.2, 0.25) is 0 Å². The summed E-state index contributed by atoms with van der Waals surface area (Å²) in [7, 11) is 0. The van der Waals surface area contributed by atoms with E-state index in [1.165, 1.54) is 24.8 Å². The Morgan fingerprint density at radius 2 is 1.85 bits per heavy atom. The Labute approximate surface area is 156 Å². The lowest BCUT2D eigenvalue weighted by Crippen LogP contribution is -2.24. The minimum absolute atomic E-state index is 0.111. The molecule has 1 saturated heterocycles. The van der Waals surface area contributed by atoms with Crippen molar-refractivity contribution in [3.63, 3.8) is 0 Å². The Hall–Kier alpha value is -1.93. The number of aryl methyl sites for hydroxylation is 1. The lowest BCUT2D eigenvalue weighted by molar-refractivity contribution is 0.00878. The van der Waals surface area contributed by atoms with Gasteiger partial charge in [-0.1, -0.05) is 67.5 Å². The fraction of sp³-hybridized carbons (Fsp3) is 0.417. The number of ether oxygens (including phenoxy) is 1. The quantitative estimate of drug-likeness (QED) is 0.580. The van der Waals surface area contributed by atoms with E-state index in [1.54, 1.807) is 0 Å². The van der Waals surface area contributed by atoms with Gasteiger partial charge in [-0.3, -0.25) is 0 Å². The maximum Gasteiger partial charge on any atom is 0.133 e. The monoisotopic (exact) mass is 352 g/mol. The van der Waals surface area contributed by atoms with Crippen LogP contribution in [-0.4, -0.2) is 12.7 Å². The van der Waals surface area contributed by atoms with Gasteiger partial charge < -0.3 is 4.74 Å². The van der Waals surface area contributed by atoms with Crippen LogP contribution in [0.3, 0.4) is 0 Å². The van der Waals surface area contributed by atoms with Crippen LogP contribution < -0.4 is 0 Å². The number of rotatable bonds is 5. The van der Waals surface area contributed by atoms with E-state index in [-0.39, 0.29) is 11.9 Å². The third kappa shape index (κ3) is 4.42. The Bertz CT molecular complexity index is 753. The smallest absolute Gasteiger partial charge is 0.133 e. The van der Waals surface area contributed by atoms with Gasteiger partial charge in [0.2, 0.25) is 0 Å². The fourth-order valence-corrected chi connectivity index (χ4v) is 3.71. The molecule has 2 heteroatoms. The van der Waals surface area contributed by atoms with E-state index in [2.05, 4.69) is 38.1 Å². The van der Waals surface area contributed by atoms with Crippen LogP contribution in [0.5, 0.6) is 0 Å². The molecule has 0 saturated carbocycles. The minimum atomic E-state index is -0.140. The molecule has 2 atom stereocenters. The van der Waals surface area contributed by atoms with Gasteiger partial charge in [-0.25, -0.2) is 4.39 Å². The van der Waals surface area contributed by atoms with E-state index in [0.717, 1.165) is 24.2 Å². The summed E-state index contributed by atoms with van der Waals surface area (Å²) in [4.78, 5) is 0. The van der Waals surface area contributed by atoms with Gasteiger partial charge in [0, 0.05) is 5.56 Å². The molecule has 0 radical (unpaired) electrons. The van der Waals surface area contributed by atoms with Crippen molar-refractivity contribution in [2.45, 2.75) is 52.6 Å².